The summed E-state index contributed by atoms with van der Waals surface area (Å²) in [4.78, 5) is 39.8. The Hall–Kier alpha value is -3.42. The van der Waals surface area contributed by atoms with Gasteiger partial charge in [-0.3, -0.25) is 19.1 Å². The Labute approximate surface area is 148 Å². The number of rotatable bonds is 3. The fourth-order valence-electron chi connectivity index (χ4n) is 3.36. The third kappa shape index (κ3) is 2.46. The molecule has 132 valence electrons. The molecular formula is C18H17N5O3. The summed E-state index contributed by atoms with van der Waals surface area (Å²) in [5.41, 5.74) is 1.83. The van der Waals surface area contributed by atoms with Gasteiger partial charge >= 0.3 is 0 Å². The lowest BCUT2D eigenvalue weighted by Crippen LogP contribution is -2.25. The predicted molar refractivity (Wildman–Crippen MR) is 96.1 cm³/mol. The second kappa shape index (κ2) is 5.83. The molecule has 2 amide bonds. The molecule has 1 aliphatic heterocycles. The first-order valence-corrected chi connectivity index (χ1v) is 8.24. The van der Waals surface area contributed by atoms with E-state index in [1.165, 1.54) is 10.9 Å². The topological polar surface area (TPSA) is 109 Å². The van der Waals surface area contributed by atoms with Gasteiger partial charge in [0.25, 0.3) is 11.7 Å². The third-order valence-corrected chi connectivity index (χ3v) is 4.60. The number of amides is 2. The normalized spacial score (nSPS) is 16.2. The van der Waals surface area contributed by atoms with Crippen molar-refractivity contribution >= 4 is 40.1 Å². The number of H-pyrrole nitrogens is 1. The van der Waals surface area contributed by atoms with Gasteiger partial charge in [0, 0.05) is 36.1 Å². The molecule has 8 heteroatoms. The van der Waals surface area contributed by atoms with Gasteiger partial charge in [0.15, 0.2) is 5.82 Å². The Morgan fingerprint density at radius 3 is 2.88 bits per heavy atom. The van der Waals surface area contributed by atoms with E-state index in [1.54, 1.807) is 13.1 Å². The zero-order chi connectivity index (χ0) is 18.4. The Kier molecular flexibility index (Phi) is 3.61. The molecule has 2 aromatic heterocycles. The molecule has 0 bridgehead atoms. The number of carbonyl (C=O) groups is 3. The number of hydrogen-bond acceptors (Lipinski definition) is 4. The number of Topliss-reactive ketones (excluding diaryl/α,β-unsaturated/α-hetero) is 1. The molecule has 3 heterocycles. The molecule has 8 nitrogen and oxygen atoms in total. The van der Waals surface area contributed by atoms with Crippen LogP contribution < -0.4 is 10.6 Å². The second-order valence-electron chi connectivity index (χ2n) is 6.42. The minimum absolute atomic E-state index is 0.0965. The van der Waals surface area contributed by atoms with E-state index < -0.39 is 11.7 Å². The Balaban J connectivity index is 1.64. The molecule has 0 saturated carbocycles. The number of nitrogens with zero attached hydrogens (tertiary/aromatic N) is 2. The van der Waals surface area contributed by atoms with E-state index in [0.29, 0.717) is 29.0 Å². The highest BCUT2D eigenvalue weighted by atomic mass is 16.2. The Morgan fingerprint density at radius 2 is 2.08 bits per heavy atom. The summed E-state index contributed by atoms with van der Waals surface area (Å²) in [6.45, 7) is 1.89. The Morgan fingerprint density at radius 1 is 1.31 bits per heavy atom. The van der Waals surface area contributed by atoms with Crippen LogP contribution in [0.25, 0.3) is 10.9 Å². The van der Waals surface area contributed by atoms with Gasteiger partial charge in [0.1, 0.15) is 5.82 Å². The van der Waals surface area contributed by atoms with Gasteiger partial charge < -0.3 is 15.6 Å². The van der Waals surface area contributed by atoms with Crippen molar-refractivity contribution in [1.82, 2.24) is 14.8 Å². The average molecular weight is 351 g/mol. The summed E-state index contributed by atoms with van der Waals surface area (Å²) < 4.78 is 1.49. The van der Waals surface area contributed by atoms with Crippen LogP contribution in [0.1, 0.15) is 35.2 Å². The molecule has 1 unspecified atom stereocenters. The summed E-state index contributed by atoms with van der Waals surface area (Å²) in [6.07, 6.45) is 1.83. The average Bonchev–Trinajstić information content (AvgIpc) is 3.16. The first-order chi connectivity index (χ1) is 12.5. The molecule has 4 rings (SSSR count). The molecule has 0 fully saturated rings. The van der Waals surface area contributed by atoms with Gasteiger partial charge in [0.2, 0.25) is 5.91 Å². The molecule has 3 aromatic rings. The molecular weight excluding hydrogens is 334 g/mol. The van der Waals surface area contributed by atoms with Gasteiger partial charge in [-0.15, -0.1) is 0 Å². The molecule has 26 heavy (non-hydrogen) atoms. The van der Waals surface area contributed by atoms with E-state index >= 15 is 0 Å². The van der Waals surface area contributed by atoms with Crippen molar-refractivity contribution in [2.75, 3.05) is 10.6 Å². The highest BCUT2D eigenvalue weighted by Crippen LogP contribution is 2.37. The van der Waals surface area contributed by atoms with Crippen molar-refractivity contribution < 1.29 is 14.4 Å². The minimum atomic E-state index is -0.764. The van der Waals surface area contributed by atoms with Crippen LogP contribution >= 0.6 is 0 Å². The number of fused-ring (bicyclic) bond motifs is 2. The third-order valence-electron chi connectivity index (χ3n) is 4.60. The van der Waals surface area contributed by atoms with Crippen molar-refractivity contribution in [1.29, 1.82) is 0 Å². The lowest BCUT2D eigenvalue weighted by Gasteiger charge is -2.20. The molecule has 0 saturated heterocycles. The highest BCUT2D eigenvalue weighted by Gasteiger charge is 2.31. The summed E-state index contributed by atoms with van der Waals surface area (Å²) in [5.74, 6) is -0.766. The first kappa shape index (κ1) is 16.1. The fourth-order valence-corrected chi connectivity index (χ4v) is 3.36. The van der Waals surface area contributed by atoms with Crippen LogP contribution in [0, 0.1) is 0 Å². The smallest absolute Gasteiger partial charge is 0.298 e. The fraction of sp³-hybridized carbons (Fsp3) is 0.222. The number of ketones is 1. The highest BCUT2D eigenvalue weighted by molar-refractivity contribution is 6.48. The number of hydrogen-bond donors (Lipinski definition) is 3. The standard InChI is InChI=1S/C18H17N5O3/c1-9-7-13(24)20-17-14(9)16(22-23(17)2)21-18(26)15(25)11-8-19-12-6-4-3-5-10(11)12/h3-6,8-9,19H,7H2,1-2H3,(H,20,24)(H,21,22,26). The zero-order valence-electron chi connectivity index (χ0n) is 14.3. The quantitative estimate of drug-likeness (QED) is 0.496. The maximum atomic E-state index is 12.6. The number of para-hydroxylation sites is 1. The van der Waals surface area contributed by atoms with Crippen LogP contribution in [0.3, 0.4) is 0 Å². The van der Waals surface area contributed by atoms with E-state index in [1.807, 2.05) is 25.1 Å². The molecule has 0 spiro atoms. The van der Waals surface area contributed by atoms with Crippen molar-refractivity contribution in [3.63, 3.8) is 0 Å². The van der Waals surface area contributed by atoms with Gasteiger partial charge in [-0.05, 0) is 12.0 Å². The summed E-state index contributed by atoms with van der Waals surface area (Å²) >= 11 is 0. The van der Waals surface area contributed by atoms with E-state index in [2.05, 4.69) is 20.7 Å². The number of anilines is 2. The molecule has 1 aromatic carbocycles. The Bertz CT molecular complexity index is 1060. The van der Waals surface area contributed by atoms with Crippen LogP contribution in [0.2, 0.25) is 0 Å². The number of benzene rings is 1. The lowest BCUT2D eigenvalue weighted by molar-refractivity contribution is -0.116. The van der Waals surface area contributed by atoms with Crippen LogP contribution in [-0.4, -0.2) is 32.4 Å². The van der Waals surface area contributed by atoms with Gasteiger partial charge in [-0.1, -0.05) is 25.1 Å². The summed E-state index contributed by atoms with van der Waals surface area (Å²) in [5, 5.41) is 10.3. The summed E-state index contributed by atoms with van der Waals surface area (Å²) in [7, 11) is 1.67. The molecule has 3 N–H and O–H groups in total. The van der Waals surface area contributed by atoms with E-state index in [9.17, 15) is 14.4 Å². The van der Waals surface area contributed by atoms with Crippen molar-refractivity contribution in [3.05, 3.63) is 41.6 Å². The number of aromatic nitrogens is 3. The second-order valence-corrected chi connectivity index (χ2v) is 6.42. The number of carbonyl (C=O) groups excluding carboxylic acids is 3. The molecule has 0 radical (unpaired) electrons. The monoisotopic (exact) mass is 351 g/mol. The maximum Gasteiger partial charge on any atom is 0.298 e. The largest absolute Gasteiger partial charge is 0.360 e. The lowest BCUT2D eigenvalue weighted by atomic mass is 9.95. The SMILES string of the molecule is CC1CC(=O)Nc2c1c(NC(=O)C(=O)c1c[nH]c3ccccc13)nn2C. The van der Waals surface area contributed by atoms with Gasteiger partial charge in [-0.2, -0.15) is 5.10 Å². The molecule has 1 atom stereocenters. The maximum absolute atomic E-state index is 12.6. The number of aryl methyl sites for hydroxylation is 1. The van der Waals surface area contributed by atoms with Crippen LogP contribution in [0.4, 0.5) is 11.6 Å². The van der Waals surface area contributed by atoms with E-state index in [4.69, 9.17) is 0 Å². The number of nitrogens with one attached hydrogen (secondary N) is 3. The van der Waals surface area contributed by atoms with E-state index in [0.717, 1.165) is 11.1 Å². The first-order valence-electron chi connectivity index (χ1n) is 8.24. The van der Waals surface area contributed by atoms with Crippen molar-refractivity contribution in [2.24, 2.45) is 7.05 Å². The van der Waals surface area contributed by atoms with Crippen LogP contribution in [-0.2, 0) is 16.6 Å². The predicted octanol–water partition coefficient (Wildman–Crippen LogP) is 2.17. The van der Waals surface area contributed by atoms with Gasteiger partial charge in [0.05, 0.1) is 5.56 Å². The zero-order valence-corrected chi connectivity index (χ0v) is 14.3. The molecule has 0 aliphatic carbocycles. The molecule has 1 aliphatic rings. The van der Waals surface area contributed by atoms with Crippen molar-refractivity contribution in [3.8, 4) is 0 Å². The van der Waals surface area contributed by atoms with Crippen LogP contribution in [0.5, 0.6) is 0 Å². The minimum Gasteiger partial charge on any atom is -0.360 e. The number of aromatic amines is 1. The summed E-state index contributed by atoms with van der Waals surface area (Å²) in [6, 6.07) is 7.28. The van der Waals surface area contributed by atoms with Crippen molar-refractivity contribution in [2.45, 2.75) is 19.3 Å². The van der Waals surface area contributed by atoms with E-state index in [-0.39, 0.29) is 11.8 Å². The van der Waals surface area contributed by atoms with Crippen LogP contribution in [0.15, 0.2) is 30.5 Å². The van der Waals surface area contributed by atoms with Gasteiger partial charge in [-0.25, -0.2) is 0 Å².